The maximum absolute atomic E-state index is 14.0. The molecule has 2 heterocycles. The number of carboxylic acid groups (broad SMARTS) is 1. The number of carboxylic acids is 1. The van der Waals surface area contributed by atoms with Gasteiger partial charge in [-0.25, -0.2) is 9.48 Å². The van der Waals surface area contributed by atoms with Crippen LogP contribution in [0.5, 0.6) is 0 Å². The van der Waals surface area contributed by atoms with E-state index in [1.165, 1.54) is 28.9 Å². The normalized spacial score (nSPS) is 14.1. The van der Waals surface area contributed by atoms with Crippen molar-refractivity contribution in [1.29, 1.82) is 0 Å². The van der Waals surface area contributed by atoms with Crippen LogP contribution in [-0.2, 0) is 40.0 Å². The number of hydrogen-bond acceptors (Lipinski definition) is 7. The Labute approximate surface area is 234 Å². The highest BCUT2D eigenvalue weighted by atomic mass is 32.2. The zero-order chi connectivity index (χ0) is 29.9. The quantitative estimate of drug-likeness (QED) is 0.252. The number of nitrogens with one attached hydrogen (secondary N) is 1. The number of halogens is 3. The van der Waals surface area contributed by atoms with Gasteiger partial charge in [-0.3, -0.25) is 8.98 Å². The molecular weight excluding hydrogens is 565 g/mol. The molecule has 220 valence electrons. The topological polar surface area (TPSA) is 131 Å². The molecule has 0 fully saturated rings. The molecule has 0 spiro atoms. The molecule has 1 aliphatic rings. The fourth-order valence-electron chi connectivity index (χ4n) is 4.67. The molecule has 2 aromatic carbocycles. The molecule has 1 aromatic heterocycles. The summed E-state index contributed by atoms with van der Waals surface area (Å²) in [6.07, 6.45) is -2.88. The Bertz CT molecular complexity index is 1540. The van der Waals surface area contributed by atoms with Crippen LogP contribution in [0.1, 0.15) is 62.5 Å². The molecule has 1 amide bonds. The molecule has 0 saturated heterocycles. The van der Waals surface area contributed by atoms with E-state index in [0.717, 1.165) is 17.4 Å². The number of carbonyl (C=O) groups excluding carboxylic acids is 1. The number of hydrogen-bond donors (Lipinski definition) is 2. The van der Waals surface area contributed by atoms with Gasteiger partial charge in [0.2, 0.25) is 0 Å². The summed E-state index contributed by atoms with van der Waals surface area (Å²) in [6, 6.07) is 12.4. The number of aromatic nitrogens is 2. The maximum Gasteiger partial charge on any atom is 0.436 e. The lowest BCUT2D eigenvalue weighted by atomic mass is 10.0. The second-order valence-electron chi connectivity index (χ2n) is 9.76. The molecule has 4 rings (SSSR count). The molecule has 0 saturated carbocycles. The molecule has 10 nitrogen and oxygen atoms in total. The number of aryl methyl sites for hydroxylation is 1. The largest absolute Gasteiger partial charge is 0.478 e. The Morgan fingerprint density at radius 3 is 2.44 bits per heavy atom. The van der Waals surface area contributed by atoms with Crippen LogP contribution in [-0.4, -0.2) is 54.6 Å². The summed E-state index contributed by atoms with van der Waals surface area (Å²) in [5, 5.41) is 15.4. The highest BCUT2D eigenvalue weighted by Crippen LogP contribution is 2.38. The van der Waals surface area contributed by atoms with E-state index in [1.807, 2.05) is 24.3 Å². The van der Waals surface area contributed by atoms with Gasteiger partial charge in [0, 0.05) is 13.1 Å². The predicted molar refractivity (Wildman–Crippen MR) is 143 cm³/mol. The highest BCUT2D eigenvalue weighted by Gasteiger charge is 2.44. The highest BCUT2D eigenvalue weighted by molar-refractivity contribution is 7.85. The molecule has 1 unspecified atom stereocenters. The van der Waals surface area contributed by atoms with Crippen LogP contribution < -0.4 is 10.2 Å². The zero-order valence-corrected chi connectivity index (χ0v) is 23.1. The molecule has 3 aromatic rings. The number of alkyl halides is 3. The van der Waals surface area contributed by atoms with Crippen molar-refractivity contribution in [2.45, 2.75) is 45.1 Å². The van der Waals surface area contributed by atoms with Crippen molar-refractivity contribution >= 4 is 27.8 Å². The Hall–Kier alpha value is -3.91. The van der Waals surface area contributed by atoms with Crippen LogP contribution in [0.4, 0.5) is 19.0 Å². The summed E-state index contributed by atoms with van der Waals surface area (Å²) in [5.74, 6) is -2.00. The van der Waals surface area contributed by atoms with Crippen LogP contribution in [0.2, 0.25) is 0 Å². The van der Waals surface area contributed by atoms with Crippen molar-refractivity contribution < 1.29 is 40.5 Å². The van der Waals surface area contributed by atoms with Crippen molar-refractivity contribution in [3.8, 4) is 0 Å². The van der Waals surface area contributed by atoms with Crippen molar-refractivity contribution in [1.82, 2.24) is 15.1 Å². The number of nitrogens with zero attached hydrogens (tertiary/aromatic N) is 3. The fraction of sp³-hybridized carbons (Fsp3) is 0.370. The first-order valence-corrected chi connectivity index (χ1v) is 14.5. The van der Waals surface area contributed by atoms with Gasteiger partial charge in [0.1, 0.15) is 11.4 Å². The lowest BCUT2D eigenvalue weighted by Crippen LogP contribution is -2.31. The molecule has 1 atom stereocenters. The first-order chi connectivity index (χ1) is 19.2. The Balaban J connectivity index is 1.54. The predicted octanol–water partition coefficient (Wildman–Crippen LogP) is 4.02. The summed E-state index contributed by atoms with van der Waals surface area (Å²) in [6.45, 7) is 2.37. The standard InChI is InChI=1S/C27H29F3N4O6S/c1-17(20-8-10-21(11-9-20)26(36)37)31-24(35)22-23(27(28,29)30)32-34-13-12-33(25(22)34)16-19-6-3-5-18(15-19)7-4-14-40-41(2,38)39/h3,5-6,8-11,15,17H,4,7,12-14,16H2,1-2H3,(H,31,35)(H,36,37). The number of rotatable bonds is 11. The lowest BCUT2D eigenvalue weighted by Gasteiger charge is -2.21. The first-order valence-electron chi connectivity index (χ1n) is 12.7. The summed E-state index contributed by atoms with van der Waals surface area (Å²) in [4.78, 5) is 26.1. The van der Waals surface area contributed by atoms with Gasteiger partial charge in [-0.1, -0.05) is 36.4 Å². The van der Waals surface area contributed by atoms with Crippen LogP contribution >= 0.6 is 0 Å². The Morgan fingerprint density at radius 1 is 1.12 bits per heavy atom. The van der Waals surface area contributed by atoms with E-state index in [-0.39, 0.29) is 31.1 Å². The number of carbonyl (C=O) groups is 2. The average molecular weight is 595 g/mol. The zero-order valence-electron chi connectivity index (χ0n) is 22.3. The third-order valence-corrected chi connectivity index (χ3v) is 7.17. The van der Waals surface area contributed by atoms with Crippen LogP contribution in [0.25, 0.3) is 0 Å². The smallest absolute Gasteiger partial charge is 0.436 e. The molecule has 2 N–H and O–H groups in total. The first kappa shape index (κ1) is 30.1. The van der Waals surface area contributed by atoms with E-state index in [2.05, 4.69) is 10.4 Å². The van der Waals surface area contributed by atoms with Crippen LogP contribution in [0.3, 0.4) is 0 Å². The van der Waals surface area contributed by atoms with E-state index < -0.39 is 45.5 Å². The van der Waals surface area contributed by atoms with Gasteiger partial charge in [0.25, 0.3) is 16.0 Å². The molecule has 14 heteroatoms. The molecular formula is C27H29F3N4O6S. The van der Waals surface area contributed by atoms with Gasteiger partial charge in [-0.15, -0.1) is 0 Å². The molecule has 0 bridgehead atoms. The summed E-state index contributed by atoms with van der Waals surface area (Å²) >= 11 is 0. The summed E-state index contributed by atoms with van der Waals surface area (Å²) in [5.41, 5.74) is 0.428. The monoisotopic (exact) mass is 594 g/mol. The second kappa shape index (κ2) is 11.9. The third kappa shape index (κ3) is 7.44. The third-order valence-electron chi connectivity index (χ3n) is 6.58. The molecule has 1 aliphatic heterocycles. The SMILES string of the molecule is CC(NC(=O)c1c(C(F)(F)F)nn2c1N(Cc1cccc(CCCOS(C)(=O)=O)c1)CC2)c1ccc(C(=O)O)cc1. The average Bonchev–Trinajstić information content (AvgIpc) is 3.46. The van der Waals surface area contributed by atoms with Crippen LogP contribution in [0.15, 0.2) is 48.5 Å². The Morgan fingerprint density at radius 2 is 1.80 bits per heavy atom. The number of aromatic carboxylic acids is 1. The van der Waals surface area contributed by atoms with Crippen molar-refractivity contribution in [2.75, 3.05) is 24.3 Å². The van der Waals surface area contributed by atoms with Gasteiger partial charge < -0.3 is 15.3 Å². The minimum absolute atomic E-state index is 0.0369. The minimum atomic E-state index is -4.87. The van der Waals surface area contributed by atoms with E-state index in [4.69, 9.17) is 9.29 Å². The molecule has 0 radical (unpaired) electrons. The van der Waals surface area contributed by atoms with Gasteiger partial charge in [0.05, 0.1) is 31.0 Å². The van der Waals surface area contributed by atoms with E-state index in [9.17, 15) is 31.2 Å². The number of benzene rings is 2. The lowest BCUT2D eigenvalue weighted by molar-refractivity contribution is -0.141. The number of fused-ring (bicyclic) bond motifs is 1. The van der Waals surface area contributed by atoms with Gasteiger partial charge in [0.15, 0.2) is 5.69 Å². The maximum atomic E-state index is 14.0. The fourth-order valence-corrected chi connectivity index (χ4v) is 5.09. The van der Waals surface area contributed by atoms with Gasteiger partial charge in [-0.2, -0.15) is 26.7 Å². The second-order valence-corrected chi connectivity index (χ2v) is 11.4. The van der Waals surface area contributed by atoms with Gasteiger partial charge >= 0.3 is 12.1 Å². The molecule has 0 aliphatic carbocycles. The number of anilines is 1. The van der Waals surface area contributed by atoms with Crippen molar-refractivity contribution in [3.63, 3.8) is 0 Å². The van der Waals surface area contributed by atoms with E-state index in [1.54, 1.807) is 11.8 Å². The van der Waals surface area contributed by atoms with E-state index >= 15 is 0 Å². The minimum Gasteiger partial charge on any atom is -0.478 e. The molecule has 41 heavy (non-hydrogen) atoms. The van der Waals surface area contributed by atoms with Crippen molar-refractivity contribution in [3.05, 3.63) is 82.0 Å². The summed E-state index contributed by atoms with van der Waals surface area (Å²) in [7, 11) is -3.53. The number of amides is 1. The Kier molecular flexibility index (Phi) is 8.73. The van der Waals surface area contributed by atoms with Crippen molar-refractivity contribution in [2.24, 2.45) is 0 Å². The van der Waals surface area contributed by atoms with E-state index in [0.29, 0.717) is 24.9 Å². The summed E-state index contributed by atoms with van der Waals surface area (Å²) < 4.78 is 70.2. The van der Waals surface area contributed by atoms with Gasteiger partial charge in [-0.05, 0) is 48.6 Å². The van der Waals surface area contributed by atoms with Crippen LogP contribution in [0, 0.1) is 0 Å².